The molecule has 1 amide bonds. The zero-order valence-corrected chi connectivity index (χ0v) is 13.2. The summed E-state index contributed by atoms with van der Waals surface area (Å²) >= 11 is 3.36. The first kappa shape index (κ1) is 14.7. The molecule has 6 heteroatoms. The van der Waals surface area contributed by atoms with E-state index in [4.69, 9.17) is 4.74 Å². The number of ether oxygens (including phenoxy) is 1. The van der Waals surface area contributed by atoms with Gasteiger partial charge in [0.1, 0.15) is 5.82 Å². The fourth-order valence-corrected chi connectivity index (χ4v) is 2.42. The average molecular weight is 363 g/mol. The Hall–Kier alpha value is -2.21. The fourth-order valence-electron chi connectivity index (χ4n) is 2.15. The molecule has 112 valence electrons. The van der Waals surface area contributed by atoms with Crippen LogP contribution < -0.4 is 0 Å². The molecule has 0 unspecified atom stereocenters. The van der Waals surface area contributed by atoms with Crippen LogP contribution >= 0.6 is 15.9 Å². The molecule has 0 bridgehead atoms. The minimum atomic E-state index is -0.694. The Morgan fingerprint density at radius 2 is 1.91 bits per heavy atom. The van der Waals surface area contributed by atoms with E-state index in [0.29, 0.717) is 0 Å². The van der Waals surface area contributed by atoms with Gasteiger partial charge in [-0.25, -0.2) is 4.39 Å². The van der Waals surface area contributed by atoms with Gasteiger partial charge in [0.15, 0.2) is 0 Å². The molecule has 1 atom stereocenters. The van der Waals surface area contributed by atoms with Crippen molar-refractivity contribution >= 4 is 27.7 Å². The summed E-state index contributed by atoms with van der Waals surface area (Å²) in [5, 5.41) is 5.34. The SMILES string of the molecule is CC(=O)N1N=C(c2ccccc2F)O[C@H]1c1ccc(Br)cc1. The maximum absolute atomic E-state index is 13.9. The van der Waals surface area contributed by atoms with Crippen LogP contribution in [0.15, 0.2) is 58.1 Å². The Kier molecular flexibility index (Phi) is 3.94. The molecule has 1 aliphatic heterocycles. The van der Waals surface area contributed by atoms with Gasteiger partial charge in [0.2, 0.25) is 18.0 Å². The zero-order chi connectivity index (χ0) is 15.7. The first-order chi connectivity index (χ1) is 10.6. The number of rotatable bonds is 2. The molecule has 0 N–H and O–H groups in total. The monoisotopic (exact) mass is 362 g/mol. The summed E-state index contributed by atoms with van der Waals surface area (Å²) in [5.41, 5.74) is 0.988. The number of hydrazone groups is 1. The Morgan fingerprint density at radius 1 is 1.23 bits per heavy atom. The quantitative estimate of drug-likeness (QED) is 0.814. The topological polar surface area (TPSA) is 41.9 Å². The molecule has 0 saturated heterocycles. The molecular formula is C16H12BrFN2O2. The van der Waals surface area contributed by atoms with Crippen LogP contribution in [0.5, 0.6) is 0 Å². The lowest BCUT2D eigenvalue weighted by Crippen LogP contribution is -2.25. The Bertz CT molecular complexity index is 746. The Balaban J connectivity index is 1.96. The summed E-state index contributed by atoms with van der Waals surface area (Å²) in [5.74, 6) is -0.623. The highest BCUT2D eigenvalue weighted by atomic mass is 79.9. The molecule has 0 aliphatic carbocycles. The summed E-state index contributed by atoms with van der Waals surface area (Å²) in [6.07, 6.45) is -0.694. The Labute approximate surface area is 135 Å². The molecule has 3 rings (SSSR count). The van der Waals surface area contributed by atoms with Crippen molar-refractivity contribution in [3.63, 3.8) is 0 Å². The molecule has 4 nitrogen and oxygen atoms in total. The van der Waals surface area contributed by atoms with Gasteiger partial charge in [-0.15, -0.1) is 5.10 Å². The van der Waals surface area contributed by atoms with Crippen molar-refractivity contribution in [3.05, 3.63) is 69.9 Å². The van der Waals surface area contributed by atoms with E-state index in [1.54, 1.807) is 18.2 Å². The molecule has 0 spiro atoms. The normalized spacial score (nSPS) is 17.1. The third kappa shape index (κ3) is 2.74. The van der Waals surface area contributed by atoms with Crippen molar-refractivity contribution in [1.82, 2.24) is 5.01 Å². The molecule has 0 aromatic heterocycles. The van der Waals surface area contributed by atoms with Crippen molar-refractivity contribution in [1.29, 1.82) is 0 Å². The standard InChI is InChI=1S/C16H12BrFN2O2/c1-10(21)20-16(11-6-8-12(17)9-7-11)22-15(19-20)13-4-2-3-5-14(13)18/h2-9,16H,1H3/t16-/m0/s1. The summed E-state index contributed by atoms with van der Waals surface area (Å²) in [7, 11) is 0. The fraction of sp³-hybridized carbons (Fsp3) is 0.125. The van der Waals surface area contributed by atoms with Gasteiger partial charge >= 0.3 is 0 Å². The number of halogens is 2. The maximum Gasteiger partial charge on any atom is 0.244 e. The summed E-state index contributed by atoms with van der Waals surface area (Å²) in [6, 6.07) is 13.5. The van der Waals surface area contributed by atoms with Gasteiger partial charge in [-0.3, -0.25) is 4.79 Å². The Morgan fingerprint density at radius 3 is 2.55 bits per heavy atom. The molecule has 0 fully saturated rings. The number of benzene rings is 2. The van der Waals surface area contributed by atoms with Crippen LogP contribution in [0.1, 0.15) is 24.3 Å². The molecule has 0 saturated carbocycles. The van der Waals surface area contributed by atoms with Crippen LogP contribution in [0, 0.1) is 5.82 Å². The van der Waals surface area contributed by atoms with Gasteiger partial charge in [0.25, 0.3) is 0 Å². The van der Waals surface area contributed by atoms with E-state index in [2.05, 4.69) is 21.0 Å². The van der Waals surface area contributed by atoms with E-state index in [9.17, 15) is 9.18 Å². The van der Waals surface area contributed by atoms with Crippen LogP contribution in [0.3, 0.4) is 0 Å². The minimum Gasteiger partial charge on any atom is -0.446 e. The third-order valence-corrected chi connectivity index (χ3v) is 3.75. The molecule has 2 aromatic carbocycles. The van der Waals surface area contributed by atoms with Crippen molar-refractivity contribution in [2.24, 2.45) is 5.10 Å². The number of hydrogen-bond acceptors (Lipinski definition) is 3. The van der Waals surface area contributed by atoms with E-state index in [1.807, 2.05) is 24.3 Å². The number of hydrogen-bond donors (Lipinski definition) is 0. The summed E-state index contributed by atoms with van der Waals surface area (Å²) in [6.45, 7) is 1.39. The highest BCUT2D eigenvalue weighted by molar-refractivity contribution is 9.10. The molecule has 22 heavy (non-hydrogen) atoms. The van der Waals surface area contributed by atoms with Crippen LogP contribution in [-0.4, -0.2) is 16.8 Å². The third-order valence-electron chi connectivity index (χ3n) is 3.23. The summed E-state index contributed by atoms with van der Waals surface area (Å²) < 4.78 is 20.5. The van der Waals surface area contributed by atoms with Crippen molar-refractivity contribution in [2.45, 2.75) is 13.2 Å². The second kappa shape index (κ2) is 5.88. The summed E-state index contributed by atoms with van der Waals surface area (Å²) in [4.78, 5) is 11.8. The van der Waals surface area contributed by atoms with Gasteiger partial charge < -0.3 is 4.74 Å². The highest BCUT2D eigenvalue weighted by Gasteiger charge is 2.33. The largest absolute Gasteiger partial charge is 0.446 e. The first-order valence-electron chi connectivity index (χ1n) is 6.61. The van der Waals surface area contributed by atoms with Crippen LogP contribution in [0.4, 0.5) is 4.39 Å². The maximum atomic E-state index is 13.9. The van der Waals surface area contributed by atoms with E-state index in [-0.39, 0.29) is 17.4 Å². The second-order valence-corrected chi connectivity index (χ2v) is 5.69. The minimum absolute atomic E-state index is 0.0984. The highest BCUT2D eigenvalue weighted by Crippen LogP contribution is 2.31. The van der Waals surface area contributed by atoms with Gasteiger partial charge in [0.05, 0.1) is 5.56 Å². The second-order valence-electron chi connectivity index (χ2n) is 4.77. The first-order valence-corrected chi connectivity index (χ1v) is 7.41. The number of amides is 1. The van der Waals surface area contributed by atoms with Crippen LogP contribution in [0.2, 0.25) is 0 Å². The zero-order valence-electron chi connectivity index (χ0n) is 11.7. The lowest BCUT2D eigenvalue weighted by molar-refractivity contribution is -0.135. The molecular weight excluding hydrogens is 351 g/mol. The smallest absolute Gasteiger partial charge is 0.244 e. The number of carbonyl (C=O) groups excluding carboxylic acids is 1. The lowest BCUT2D eigenvalue weighted by Gasteiger charge is -2.19. The molecule has 2 aromatic rings. The average Bonchev–Trinajstić information content (AvgIpc) is 2.93. The van der Waals surface area contributed by atoms with E-state index in [0.717, 1.165) is 10.0 Å². The van der Waals surface area contributed by atoms with Gasteiger partial charge in [-0.1, -0.05) is 40.2 Å². The van der Waals surface area contributed by atoms with Crippen LogP contribution in [0.25, 0.3) is 0 Å². The number of carbonyl (C=O) groups is 1. The lowest BCUT2D eigenvalue weighted by atomic mass is 10.2. The van der Waals surface area contributed by atoms with Crippen molar-refractivity contribution in [2.75, 3.05) is 0 Å². The van der Waals surface area contributed by atoms with Gasteiger partial charge in [-0.05, 0) is 24.3 Å². The van der Waals surface area contributed by atoms with Crippen molar-refractivity contribution in [3.8, 4) is 0 Å². The van der Waals surface area contributed by atoms with Crippen molar-refractivity contribution < 1.29 is 13.9 Å². The van der Waals surface area contributed by atoms with Crippen LogP contribution in [-0.2, 0) is 9.53 Å². The molecule has 1 aliphatic rings. The molecule has 0 radical (unpaired) electrons. The van der Waals surface area contributed by atoms with E-state index in [1.165, 1.54) is 18.0 Å². The predicted molar refractivity (Wildman–Crippen MR) is 83.4 cm³/mol. The van der Waals surface area contributed by atoms with Gasteiger partial charge in [0, 0.05) is 17.0 Å². The van der Waals surface area contributed by atoms with E-state index < -0.39 is 12.0 Å². The number of nitrogens with zero attached hydrogens (tertiary/aromatic N) is 2. The van der Waals surface area contributed by atoms with Gasteiger partial charge in [-0.2, -0.15) is 5.01 Å². The molecule has 1 heterocycles. The predicted octanol–water partition coefficient (Wildman–Crippen LogP) is 3.83. The van der Waals surface area contributed by atoms with E-state index >= 15 is 0 Å².